The molecule has 4 nitrogen and oxygen atoms in total. The van der Waals surface area contributed by atoms with E-state index in [1.54, 1.807) is 18.4 Å². The Kier molecular flexibility index (Phi) is 3.94. The molecule has 0 N–H and O–H groups in total. The first-order valence-electron chi connectivity index (χ1n) is 5.50. The molecule has 0 fully saturated rings. The van der Waals surface area contributed by atoms with Gasteiger partial charge < -0.3 is 4.74 Å². The predicted molar refractivity (Wildman–Crippen MR) is 71.0 cm³/mol. The maximum Gasteiger partial charge on any atom is 0.215 e. The largest absolute Gasteiger partial charge is 0.497 e. The van der Waals surface area contributed by atoms with E-state index >= 15 is 0 Å². The zero-order valence-electron chi connectivity index (χ0n) is 9.91. The van der Waals surface area contributed by atoms with Gasteiger partial charge in [-0.1, -0.05) is 18.2 Å². The third-order valence-corrected chi connectivity index (χ3v) is 3.72. The summed E-state index contributed by atoms with van der Waals surface area (Å²) in [5.74, 6) is 0.565. The van der Waals surface area contributed by atoms with Crippen molar-refractivity contribution in [1.82, 2.24) is 0 Å². The molecule has 0 aliphatic carbocycles. The Morgan fingerprint density at radius 3 is 2.56 bits per heavy atom. The molecule has 0 spiro atoms. The molecule has 0 amide bonds. The number of rotatable bonds is 5. The lowest BCUT2D eigenvalue weighted by atomic mass is 9.97. The lowest BCUT2D eigenvalue weighted by molar-refractivity contribution is -0.481. The summed E-state index contributed by atoms with van der Waals surface area (Å²) in [7, 11) is 1.60. The zero-order valence-corrected chi connectivity index (χ0v) is 10.7. The molecule has 18 heavy (non-hydrogen) atoms. The van der Waals surface area contributed by atoms with Crippen LogP contribution in [0.15, 0.2) is 41.8 Å². The third-order valence-electron chi connectivity index (χ3n) is 2.74. The first-order valence-corrected chi connectivity index (χ1v) is 6.38. The first-order chi connectivity index (χ1) is 8.70. The lowest BCUT2D eigenvalue weighted by Crippen LogP contribution is -2.12. The molecular formula is C13H13NO3S. The fourth-order valence-corrected chi connectivity index (χ4v) is 2.68. The highest BCUT2D eigenvalue weighted by Crippen LogP contribution is 2.29. The molecule has 5 heteroatoms. The zero-order chi connectivity index (χ0) is 13.0. The van der Waals surface area contributed by atoms with Gasteiger partial charge in [-0.05, 0) is 29.1 Å². The average molecular weight is 263 g/mol. The van der Waals surface area contributed by atoms with Gasteiger partial charge in [-0.25, -0.2) is 0 Å². The number of methoxy groups -OCH3 is 1. The molecular weight excluding hydrogens is 250 g/mol. The van der Waals surface area contributed by atoms with Crippen LogP contribution in [0.3, 0.4) is 0 Å². The highest BCUT2D eigenvalue weighted by atomic mass is 32.1. The van der Waals surface area contributed by atoms with Crippen molar-refractivity contribution in [3.8, 4) is 5.75 Å². The molecule has 0 bridgehead atoms. The number of thiophene rings is 1. The van der Waals surface area contributed by atoms with Gasteiger partial charge in [0.1, 0.15) is 5.75 Å². The van der Waals surface area contributed by atoms with Gasteiger partial charge >= 0.3 is 0 Å². The van der Waals surface area contributed by atoms with E-state index in [-0.39, 0.29) is 17.4 Å². The summed E-state index contributed by atoms with van der Waals surface area (Å²) in [5, 5.41) is 12.7. The topological polar surface area (TPSA) is 52.4 Å². The Hall–Kier alpha value is -1.88. The number of nitro groups is 1. The van der Waals surface area contributed by atoms with E-state index in [4.69, 9.17) is 4.74 Å². The number of ether oxygens (including phenoxy) is 1. The summed E-state index contributed by atoms with van der Waals surface area (Å²) in [6.07, 6.45) is 0. The van der Waals surface area contributed by atoms with Crippen molar-refractivity contribution in [3.05, 3.63) is 62.3 Å². The Morgan fingerprint density at radius 1 is 1.33 bits per heavy atom. The molecule has 94 valence electrons. The minimum atomic E-state index is -0.269. The van der Waals surface area contributed by atoms with E-state index in [1.807, 2.05) is 41.8 Å². The van der Waals surface area contributed by atoms with Gasteiger partial charge in [-0.15, -0.1) is 11.3 Å². The van der Waals surface area contributed by atoms with E-state index in [0.29, 0.717) is 0 Å². The summed E-state index contributed by atoms with van der Waals surface area (Å²) >= 11 is 1.54. The molecule has 1 heterocycles. The number of hydrogen-bond donors (Lipinski definition) is 0. The second-order valence-electron chi connectivity index (χ2n) is 3.86. The maximum atomic E-state index is 10.8. The molecule has 0 aliphatic rings. The van der Waals surface area contributed by atoms with Crippen LogP contribution >= 0.6 is 11.3 Å². The fourth-order valence-electron chi connectivity index (χ4n) is 1.83. The Balaban J connectivity index is 2.30. The summed E-state index contributed by atoms with van der Waals surface area (Å²) in [6.45, 7) is -0.0904. The predicted octanol–water partition coefficient (Wildman–Crippen LogP) is 3.17. The molecule has 0 saturated heterocycles. The number of benzene rings is 1. The maximum absolute atomic E-state index is 10.8. The van der Waals surface area contributed by atoms with Gasteiger partial charge in [0.05, 0.1) is 13.0 Å². The minimum Gasteiger partial charge on any atom is -0.497 e. The van der Waals surface area contributed by atoms with Crippen LogP contribution in [0.4, 0.5) is 0 Å². The van der Waals surface area contributed by atoms with Crippen molar-refractivity contribution in [3.63, 3.8) is 0 Å². The standard InChI is InChI=1S/C13H13NO3S/c1-17-11-6-4-10(5-7-11)12(9-14(15)16)13-3-2-8-18-13/h2-8,12H,9H2,1H3. The van der Waals surface area contributed by atoms with E-state index in [1.165, 1.54) is 0 Å². The van der Waals surface area contributed by atoms with Crippen LogP contribution in [0, 0.1) is 10.1 Å². The van der Waals surface area contributed by atoms with Crippen LogP contribution in [0.5, 0.6) is 5.75 Å². The van der Waals surface area contributed by atoms with Gasteiger partial charge in [0, 0.05) is 9.80 Å². The molecule has 1 aromatic heterocycles. The van der Waals surface area contributed by atoms with E-state index in [9.17, 15) is 10.1 Å². The average Bonchev–Trinajstić information content (AvgIpc) is 2.89. The molecule has 1 atom stereocenters. The van der Waals surface area contributed by atoms with Crippen molar-refractivity contribution < 1.29 is 9.66 Å². The molecule has 0 aliphatic heterocycles. The third kappa shape index (κ3) is 2.87. The summed E-state index contributed by atoms with van der Waals surface area (Å²) in [5.41, 5.74) is 0.940. The van der Waals surface area contributed by atoms with Crippen molar-refractivity contribution in [2.75, 3.05) is 13.7 Å². The van der Waals surface area contributed by atoms with Crippen LogP contribution in [-0.4, -0.2) is 18.6 Å². The second-order valence-corrected chi connectivity index (χ2v) is 4.84. The van der Waals surface area contributed by atoms with Gasteiger partial charge in [0.15, 0.2) is 0 Å². The number of hydrogen-bond acceptors (Lipinski definition) is 4. The second kappa shape index (κ2) is 5.64. The fraction of sp³-hybridized carbons (Fsp3) is 0.231. The van der Waals surface area contributed by atoms with Crippen LogP contribution in [0.2, 0.25) is 0 Å². The van der Waals surface area contributed by atoms with E-state index in [0.717, 1.165) is 16.2 Å². The number of nitrogens with zero attached hydrogens (tertiary/aromatic N) is 1. The Bertz CT molecular complexity index is 508. The normalized spacial score (nSPS) is 12.1. The van der Waals surface area contributed by atoms with Gasteiger partial charge in [0.25, 0.3) is 0 Å². The molecule has 1 unspecified atom stereocenters. The minimum absolute atomic E-state index is 0.0904. The molecule has 0 saturated carbocycles. The van der Waals surface area contributed by atoms with Crippen molar-refractivity contribution in [1.29, 1.82) is 0 Å². The molecule has 0 radical (unpaired) electrons. The first kappa shape index (κ1) is 12.6. The summed E-state index contributed by atoms with van der Waals surface area (Å²) in [6, 6.07) is 11.3. The highest BCUT2D eigenvalue weighted by Gasteiger charge is 2.20. The summed E-state index contributed by atoms with van der Waals surface area (Å²) < 4.78 is 5.09. The van der Waals surface area contributed by atoms with E-state index in [2.05, 4.69) is 0 Å². The van der Waals surface area contributed by atoms with Crippen molar-refractivity contribution in [2.45, 2.75) is 5.92 Å². The Morgan fingerprint density at radius 2 is 2.06 bits per heavy atom. The van der Waals surface area contributed by atoms with Crippen LogP contribution < -0.4 is 4.74 Å². The van der Waals surface area contributed by atoms with Crippen molar-refractivity contribution in [2.24, 2.45) is 0 Å². The van der Waals surface area contributed by atoms with Gasteiger partial charge in [-0.3, -0.25) is 10.1 Å². The van der Waals surface area contributed by atoms with Crippen LogP contribution in [0.25, 0.3) is 0 Å². The molecule has 2 rings (SSSR count). The lowest BCUT2D eigenvalue weighted by Gasteiger charge is -2.12. The monoisotopic (exact) mass is 263 g/mol. The smallest absolute Gasteiger partial charge is 0.215 e. The SMILES string of the molecule is COc1ccc(C(C[N+](=O)[O-])c2cccs2)cc1. The van der Waals surface area contributed by atoms with Gasteiger partial charge in [-0.2, -0.15) is 0 Å². The van der Waals surface area contributed by atoms with Gasteiger partial charge in [0.2, 0.25) is 6.54 Å². The quantitative estimate of drug-likeness (QED) is 0.615. The Labute approximate surface area is 109 Å². The summed E-state index contributed by atoms with van der Waals surface area (Å²) in [4.78, 5) is 11.5. The van der Waals surface area contributed by atoms with Crippen LogP contribution in [0.1, 0.15) is 16.4 Å². The molecule has 2 aromatic rings. The molecule has 1 aromatic carbocycles. The van der Waals surface area contributed by atoms with E-state index < -0.39 is 0 Å². The van der Waals surface area contributed by atoms with Crippen molar-refractivity contribution >= 4 is 11.3 Å². The highest BCUT2D eigenvalue weighted by molar-refractivity contribution is 7.10. The van der Waals surface area contributed by atoms with Crippen LogP contribution in [-0.2, 0) is 0 Å².